The van der Waals surface area contributed by atoms with Crippen molar-refractivity contribution in [3.05, 3.63) is 23.6 Å². The summed E-state index contributed by atoms with van der Waals surface area (Å²) in [6.07, 6.45) is 2.72. The first kappa shape index (κ1) is 10.1. The van der Waals surface area contributed by atoms with Gasteiger partial charge in [0.25, 0.3) is 5.76 Å². The van der Waals surface area contributed by atoms with Gasteiger partial charge >= 0.3 is 11.9 Å². The molecule has 0 saturated carbocycles. The molecule has 1 rings (SSSR count). The fourth-order valence-corrected chi connectivity index (χ4v) is 0.856. The fraction of sp³-hybridized carbons (Fsp3) is 0.250. The van der Waals surface area contributed by atoms with Gasteiger partial charge in [-0.15, -0.1) is 0 Å². The van der Waals surface area contributed by atoms with E-state index in [0.717, 1.165) is 0 Å². The molecule has 1 N–H and O–H groups in total. The van der Waals surface area contributed by atoms with Crippen molar-refractivity contribution in [3.63, 3.8) is 0 Å². The maximum atomic E-state index is 11.2. The summed E-state index contributed by atoms with van der Waals surface area (Å²) in [4.78, 5) is 27.0. The molecule has 1 aliphatic rings. The standard InChI is InChI=1S/C8H9NO5/c1-12-7(10)5-3-4-9-14-6(5)8(11)13-2/h3-4,9H,1-2H3. The van der Waals surface area contributed by atoms with Crippen LogP contribution < -0.4 is 5.48 Å². The zero-order valence-corrected chi connectivity index (χ0v) is 7.70. The van der Waals surface area contributed by atoms with Crippen molar-refractivity contribution in [2.45, 2.75) is 0 Å². The third kappa shape index (κ3) is 1.85. The Morgan fingerprint density at radius 1 is 1.29 bits per heavy atom. The van der Waals surface area contributed by atoms with Crippen molar-refractivity contribution in [2.24, 2.45) is 0 Å². The van der Waals surface area contributed by atoms with Gasteiger partial charge < -0.3 is 14.3 Å². The summed E-state index contributed by atoms with van der Waals surface area (Å²) in [5, 5.41) is 0. The molecule has 6 heteroatoms. The van der Waals surface area contributed by atoms with E-state index in [9.17, 15) is 9.59 Å². The average molecular weight is 199 g/mol. The van der Waals surface area contributed by atoms with Gasteiger partial charge in [0.1, 0.15) is 5.57 Å². The normalized spacial score (nSPS) is 14.1. The predicted octanol–water partition coefficient (Wildman–Crippen LogP) is -0.365. The molecule has 0 radical (unpaired) electrons. The van der Waals surface area contributed by atoms with Gasteiger partial charge in [0, 0.05) is 6.20 Å². The Kier molecular flexibility index (Phi) is 3.11. The number of methoxy groups -OCH3 is 2. The smallest absolute Gasteiger partial charge is 0.377 e. The number of nitrogens with one attached hydrogen (secondary N) is 1. The van der Waals surface area contributed by atoms with Crippen LogP contribution in [0.1, 0.15) is 0 Å². The molecule has 1 heterocycles. The Morgan fingerprint density at radius 2 is 1.93 bits per heavy atom. The van der Waals surface area contributed by atoms with Crippen LogP contribution in [-0.4, -0.2) is 26.2 Å². The van der Waals surface area contributed by atoms with Crippen LogP contribution in [0.3, 0.4) is 0 Å². The van der Waals surface area contributed by atoms with Crippen molar-refractivity contribution in [2.75, 3.05) is 14.2 Å². The molecular formula is C8H9NO5. The number of carbonyl (C=O) groups excluding carboxylic acids is 2. The highest BCUT2D eigenvalue weighted by atomic mass is 16.7. The van der Waals surface area contributed by atoms with Crippen LogP contribution >= 0.6 is 0 Å². The highest BCUT2D eigenvalue weighted by molar-refractivity contribution is 6.01. The van der Waals surface area contributed by atoms with Gasteiger partial charge in [-0.3, -0.25) is 0 Å². The minimum Gasteiger partial charge on any atom is -0.465 e. The SMILES string of the molecule is COC(=O)C1=C(C(=O)OC)ONC=C1. The third-order valence-corrected chi connectivity index (χ3v) is 1.50. The Bertz CT molecular complexity index is 318. The zero-order valence-electron chi connectivity index (χ0n) is 7.70. The first-order valence-corrected chi connectivity index (χ1v) is 3.70. The third-order valence-electron chi connectivity index (χ3n) is 1.50. The molecule has 0 aliphatic carbocycles. The number of hydrogen-bond donors (Lipinski definition) is 1. The lowest BCUT2D eigenvalue weighted by molar-refractivity contribution is -0.143. The van der Waals surface area contributed by atoms with Crippen molar-refractivity contribution >= 4 is 11.9 Å². The second kappa shape index (κ2) is 4.31. The van der Waals surface area contributed by atoms with Crippen molar-refractivity contribution in [1.29, 1.82) is 0 Å². The summed E-state index contributed by atoms with van der Waals surface area (Å²) < 4.78 is 8.86. The van der Waals surface area contributed by atoms with Crippen LogP contribution in [0.2, 0.25) is 0 Å². The second-order valence-electron chi connectivity index (χ2n) is 2.28. The van der Waals surface area contributed by atoms with Gasteiger partial charge in [-0.05, 0) is 6.08 Å². The van der Waals surface area contributed by atoms with Crippen LogP contribution in [0.4, 0.5) is 0 Å². The van der Waals surface area contributed by atoms with E-state index in [1.807, 2.05) is 0 Å². The van der Waals surface area contributed by atoms with Crippen LogP contribution in [0.25, 0.3) is 0 Å². The van der Waals surface area contributed by atoms with E-state index in [4.69, 9.17) is 4.84 Å². The largest absolute Gasteiger partial charge is 0.465 e. The minimum atomic E-state index is -0.748. The molecule has 0 aromatic rings. The van der Waals surface area contributed by atoms with E-state index in [1.54, 1.807) is 0 Å². The molecule has 0 aromatic heterocycles. The van der Waals surface area contributed by atoms with E-state index in [0.29, 0.717) is 0 Å². The molecule has 76 valence electrons. The van der Waals surface area contributed by atoms with E-state index >= 15 is 0 Å². The zero-order chi connectivity index (χ0) is 10.6. The van der Waals surface area contributed by atoms with E-state index in [-0.39, 0.29) is 11.3 Å². The molecule has 0 saturated heterocycles. The van der Waals surface area contributed by atoms with Gasteiger partial charge in [-0.2, -0.15) is 0 Å². The van der Waals surface area contributed by atoms with Gasteiger partial charge in [0.15, 0.2) is 0 Å². The molecule has 0 fully saturated rings. The Morgan fingerprint density at radius 3 is 2.50 bits per heavy atom. The number of hydroxylamine groups is 1. The molecule has 6 nitrogen and oxygen atoms in total. The number of hydrogen-bond acceptors (Lipinski definition) is 6. The Hall–Kier alpha value is -1.98. The molecular weight excluding hydrogens is 190 g/mol. The van der Waals surface area contributed by atoms with Gasteiger partial charge in [-0.1, -0.05) is 0 Å². The van der Waals surface area contributed by atoms with Crippen LogP contribution in [-0.2, 0) is 23.9 Å². The van der Waals surface area contributed by atoms with Crippen LogP contribution in [0.15, 0.2) is 23.6 Å². The van der Waals surface area contributed by atoms with Crippen molar-refractivity contribution in [3.8, 4) is 0 Å². The number of ether oxygens (including phenoxy) is 2. The van der Waals surface area contributed by atoms with Crippen molar-refractivity contribution in [1.82, 2.24) is 5.48 Å². The molecule has 0 aromatic carbocycles. The lowest BCUT2D eigenvalue weighted by atomic mass is 10.2. The molecule has 1 aliphatic heterocycles. The molecule has 14 heavy (non-hydrogen) atoms. The molecule has 0 spiro atoms. The first-order chi connectivity index (χ1) is 6.70. The topological polar surface area (TPSA) is 73.9 Å². The average Bonchev–Trinajstić information content (AvgIpc) is 2.27. The van der Waals surface area contributed by atoms with Gasteiger partial charge in [0.2, 0.25) is 0 Å². The van der Waals surface area contributed by atoms with E-state index < -0.39 is 11.9 Å². The summed E-state index contributed by atoms with van der Waals surface area (Å²) >= 11 is 0. The number of esters is 2. The summed E-state index contributed by atoms with van der Waals surface area (Å²) in [6, 6.07) is 0. The van der Waals surface area contributed by atoms with Gasteiger partial charge in [-0.25, -0.2) is 15.1 Å². The maximum absolute atomic E-state index is 11.2. The van der Waals surface area contributed by atoms with Crippen LogP contribution in [0.5, 0.6) is 0 Å². The fourth-order valence-electron chi connectivity index (χ4n) is 0.856. The number of carbonyl (C=O) groups is 2. The molecule has 0 amide bonds. The highest BCUT2D eigenvalue weighted by Gasteiger charge is 2.24. The summed E-state index contributed by atoms with van der Waals surface area (Å²) in [5.41, 5.74) is 2.32. The summed E-state index contributed by atoms with van der Waals surface area (Å²) in [6.45, 7) is 0. The number of rotatable bonds is 2. The maximum Gasteiger partial charge on any atom is 0.377 e. The van der Waals surface area contributed by atoms with E-state index in [1.165, 1.54) is 26.5 Å². The van der Waals surface area contributed by atoms with Crippen molar-refractivity contribution < 1.29 is 23.9 Å². The summed E-state index contributed by atoms with van der Waals surface area (Å²) in [5.74, 6) is -1.63. The van der Waals surface area contributed by atoms with Gasteiger partial charge in [0.05, 0.1) is 14.2 Å². The quantitative estimate of drug-likeness (QED) is 0.612. The lowest BCUT2D eigenvalue weighted by Gasteiger charge is -2.13. The molecule has 0 bridgehead atoms. The summed E-state index contributed by atoms with van der Waals surface area (Å²) in [7, 11) is 2.39. The molecule has 0 atom stereocenters. The van der Waals surface area contributed by atoms with Crippen LogP contribution in [0, 0.1) is 0 Å². The monoisotopic (exact) mass is 199 g/mol. The predicted molar refractivity (Wildman–Crippen MR) is 44.4 cm³/mol. The highest BCUT2D eigenvalue weighted by Crippen LogP contribution is 2.13. The second-order valence-corrected chi connectivity index (χ2v) is 2.28. The van der Waals surface area contributed by atoms with E-state index in [2.05, 4.69) is 15.0 Å². The Balaban J connectivity index is 3.03. The Labute approximate surface area is 80.1 Å². The minimum absolute atomic E-state index is 0.0121. The lowest BCUT2D eigenvalue weighted by Crippen LogP contribution is -2.23. The first-order valence-electron chi connectivity index (χ1n) is 3.70. The molecule has 0 unspecified atom stereocenters.